The van der Waals surface area contributed by atoms with Crippen molar-refractivity contribution >= 4 is 22.3 Å². The molecule has 2 aromatic rings. The molecule has 0 unspecified atom stereocenters. The van der Waals surface area contributed by atoms with Crippen molar-refractivity contribution in [2.24, 2.45) is 10.7 Å². The van der Waals surface area contributed by atoms with Crippen LogP contribution in [0.2, 0.25) is 0 Å². The summed E-state index contributed by atoms with van der Waals surface area (Å²) in [5.41, 5.74) is 8.38. The van der Waals surface area contributed by atoms with Crippen LogP contribution in [0.15, 0.2) is 60.4 Å². The predicted octanol–water partition coefficient (Wildman–Crippen LogP) is 3.14. The van der Waals surface area contributed by atoms with E-state index >= 15 is 0 Å². The summed E-state index contributed by atoms with van der Waals surface area (Å²) in [5, 5.41) is 1.10. The minimum Gasteiger partial charge on any atom is -0.387 e. The predicted molar refractivity (Wildman–Crippen MR) is 77.2 cm³/mol. The quantitative estimate of drug-likeness (QED) is 0.506. The summed E-state index contributed by atoms with van der Waals surface area (Å²) in [5.74, 6) is 0.529. The lowest BCUT2D eigenvalue weighted by Crippen LogP contribution is -2.03. The number of aromatic nitrogens is 1. The molecular weight excluding hydrogens is 222 g/mol. The highest BCUT2D eigenvalue weighted by atomic mass is 14.8. The molecule has 0 aliphatic heterocycles. The van der Waals surface area contributed by atoms with Crippen LogP contribution < -0.4 is 5.73 Å². The molecule has 0 bridgehead atoms. The normalized spacial score (nSPS) is 12.2. The lowest BCUT2D eigenvalue weighted by atomic mass is 10.0. The van der Waals surface area contributed by atoms with Crippen LogP contribution >= 0.6 is 0 Å². The zero-order chi connectivity index (χ0) is 13.0. The number of nitrogens with two attached hydrogens (primary N) is 1. The maximum atomic E-state index is 5.45. The number of fused-ring (bicyclic) bond motifs is 1. The van der Waals surface area contributed by atoms with Gasteiger partial charge in [-0.3, -0.25) is 4.98 Å². The van der Waals surface area contributed by atoms with Gasteiger partial charge in [0.15, 0.2) is 0 Å². The van der Waals surface area contributed by atoms with Gasteiger partial charge in [-0.2, -0.15) is 0 Å². The van der Waals surface area contributed by atoms with E-state index in [0.717, 1.165) is 22.0 Å². The Morgan fingerprint density at radius 2 is 2.22 bits per heavy atom. The lowest BCUT2D eigenvalue weighted by molar-refractivity contribution is 1.41. The van der Waals surface area contributed by atoms with E-state index in [1.165, 1.54) is 0 Å². The number of rotatable bonds is 3. The minimum absolute atomic E-state index is 0.529. The zero-order valence-corrected chi connectivity index (χ0v) is 10.3. The third kappa shape index (κ3) is 2.83. The van der Waals surface area contributed by atoms with Gasteiger partial charge in [0.25, 0.3) is 0 Å². The van der Waals surface area contributed by atoms with Crippen LogP contribution in [0.3, 0.4) is 0 Å². The largest absolute Gasteiger partial charge is 0.387 e. The van der Waals surface area contributed by atoms with Crippen LogP contribution in [-0.2, 0) is 0 Å². The molecule has 0 spiro atoms. The van der Waals surface area contributed by atoms with E-state index in [2.05, 4.69) is 22.6 Å². The fraction of sp³-hybridized carbons (Fsp3) is 0.0667. The van der Waals surface area contributed by atoms with E-state index in [9.17, 15) is 0 Å². The smallest absolute Gasteiger partial charge is 0.0957 e. The summed E-state index contributed by atoms with van der Waals surface area (Å²) in [6, 6.07) is 10.0. The fourth-order valence-corrected chi connectivity index (χ4v) is 1.62. The molecule has 90 valence electrons. The Balaban J connectivity index is 2.28. The van der Waals surface area contributed by atoms with Gasteiger partial charge in [-0.05, 0) is 42.3 Å². The van der Waals surface area contributed by atoms with Crippen LogP contribution in [0.25, 0.3) is 16.5 Å². The van der Waals surface area contributed by atoms with Gasteiger partial charge >= 0.3 is 0 Å². The number of hydrogen-bond acceptors (Lipinski definition) is 2. The number of aliphatic imine (C=N–C) groups is 1. The zero-order valence-electron chi connectivity index (χ0n) is 10.3. The number of hydrogen-bond donors (Lipinski definition) is 1. The molecule has 0 fully saturated rings. The van der Waals surface area contributed by atoms with Gasteiger partial charge in [0.2, 0.25) is 0 Å². The van der Waals surface area contributed by atoms with E-state index in [0.29, 0.717) is 5.84 Å². The molecule has 1 heterocycles. The fourth-order valence-electron chi connectivity index (χ4n) is 1.62. The summed E-state index contributed by atoms with van der Waals surface area (Å²) in [6.45, 7) is 5.76. The van der Waals surface area contributed by atoms with Gasteiger partial charge in [-0.25, -0.2) is 4.99 Å². The molecule has 18 heavy (non-hydrogen) atoms. The van der Waals surface area contributed by atoms with Gasteiger partial charge in [-0.1, -0.05) is 18.7 Å². The van der Waals surface area contributed by atoms with Crippen molar-refractivity contribution in [3.63, 3.8) is 0 Å². The van der Waals surface area contributed by atoms with E-state index in [1.54, 1.807) is 19.3 Å². The van der Waals surface area contributed by atoms with E-state index < -0.39 is 0 Å². The molecule has 2 N–H and O–H groups in total. The molecule has 1 aromatic carbocycles. The first-order chi connectivity index (χ1) is 8.66. The van der Waals surface area contributed by atoms with E-state index in [4.69, 9.17) is 5.73 Å². The molecule has 0 amide bonds. The molecule has 1 aromatic heterocycles. The van der Waals surface area contributed by atoms with Crippen LogP contribution in [0.4, 0.5) is 0 Å². The topological polar surface area (TPSA) is 51.3 Å². The summed E-state index contributed by atoms with van der Waals surface area (Å²) in [4.78, 5) is 8.27. The molecule has 0 radical (unpaired) electrons. The second-order valence-corrected chi connectivity index (χ2v) is 4.02. The SMILES string of the molecule is C=C(/C=C\N=C(C)N)c1ccc2ncccc2c1. The first-order valence-electron chi connectivity index (χ1n) is 5.67. The molecule has 0 aliphatic carbocycles. The summed E-state index contributed by atoms with van der Waals surface area (Å²) in [7, 11) is 0. The molecule has 0 atom stereocenters. The Morgan fingerprint density at radius 3 is 3.00 bits per heavy atom. The van der Waals surface area contributed by atoms with Crippen molar-refractivity contribution in [1.82, 2.24) is 4.98 Å². The molecule has 0 aliphatic rings. The van der Waals surface area contributed by atoms with Crippen LogP contribution in [0.5, 0.6) is 0 Å². The van der Waals surface area contributed by atoms with Gasteiger partial charge in [0.05, 0.1) is 11.4 Å². The highest BCUT2D eigenvalue weighted by molar-refractivity contribution is 5.85. The standard InChI is InChI=1S/C15H15N3/c1-11(7-9-17-12(2)16)13-5-6-15-14(10-13)4-3-8-18-15/h3-10H,1H2,2H3,(H2,16,17)/b9-7-. The Labute approximate surface area is 106 Å². The van der Waals surface area contributed by atoms with Crippen molar-refractivity contribution in [3.8, 4) is 0 Å². The van der Waals surface area contributed by atoms with Crippen molar-refractivity contribution < 1.29 is 0 Å². The molecular formula is C15H15N3. The van der Waals surface area contributed by atoms with Crippen LogP contribution in [0, 0.1) is 0 Å². The maximum absolute atomic E-state index is 5.45. The minimum atomic E-state index is 0.529. The Kier molecular flexibility index (Phi) is 3.53. The second kappa shape index (κ2) is 5.27. The van der Waals surface area contributed by atoms with Crippen molar-refractivity contribution in [2.45, 2.75) is 6.92 Å². The summed E-state index contributed by atoms with van der Waals surface area (Å²) in [6.07, 6.45) is 5.29. The third-order valence-electron chi connectivity index (χ3n) is 2.53. The first-order valence-corrected chi connectivity index (χ1v) is 5.67. The number of nitrogens with zero attached hydrogens (tertiary/aromatic N) is 2. The molecule has 2 rings (SSSR count). The third-order valence-corrected chi connectivity index (χ3v) is 2.53. The van der Waals surface area contributed by atoms with Crippen LogP contribution in [-0.4, -0.2) is 10.8 Å². The molecule has 0 saturated heterocycles. The highest BCUT2D eigenvalue weighted by Gasteiger charge is 1.98. The van der Waals surface area contributed by atoms with Crippen molar-refractivity contribution in [1.29, 1.82) is 0 Å². The summed E-state index contributed by atoms with van der Waals surface area (Å²) >= 11 is 0. The maximum Gasteiger partial charge on any atom is 0.0957 e. The van der Waals surface area contributed by atoms with Gasteiger partial charge < -0.3 is 5.73 Å². The monoisotopic (exact) mass is 237 g/mol. The Bertz CT molecular complexity index is 635. The number of amidine groups is 1. The van der Waals surface area contributed by atoms with Crippen molar-refractivity contribution in [2.75, 3.05) is 0 Å². The number of allylic oxidation sites excluding steroid dienone is 2. The molecule has 3 heteroatoms. The molecule has 0 saturated carbocycles. The average Bonchev–Trinajstić information content (AvgIpc) is 2.37. The lowest BCUT2D eigenvalue weighted by Gasteiger charge is -2.02. The second-order valence-electron chi connectivity index (χ2n) is 4.02. The Morgan fingerprint density at radius 1 is 1.39 bits per heavy atom. The highest BCUT2D eigenvalue weighted by Crippen LogP contribution is 2.19. The van der Waals surface area contributed by atoms with Crippen molar-refractivity contribution in [3.05, 3.63) is 60.9 Å². The van der Waals surface area contributed by atoms with E-state index in [1.807, 2.05) is 30.3 Å². The van der Waals surface area contributed by atoms with E-state index in [-0.39, 0.29) is 0 Å². The number of pyridine rings is 1. The van der Waals surface area contributed by atoms with Gasteiger partial charge in [-0.15, -0.1) is 0 Å². The number of benzene rings is 1. The average molecular weight is 237 g/mol. The van der Waals surface area contributed by atoms with Gasteiger partial charge in [0.1, 0.15) is 0 Å². The first kappa shape index (κ1) is 12.0. The Hall–Kier alpha value is -2.42. The molecule has 3 nitrogen and oxygen atoms in total. The van der Waals surface area contributed by atoms with Gasteiger partial charge in [0, 0.05) is 17.8 Å². The van der Waals surface area contributed by atoms with Crippen LogP contribution in [0.1, 0.15) is 12.5 Å². The summed E-state index contributed by atoms with van der Waals surface area (Å²) < 4.78 is 0.